The summed E-state index contributed by atoms with van der Waals surface area (Å²) in [5.74, 6) is 7.07. The van der Waals surface area contributed by atoms with Crippen molar-refractivity contribution in [3.05, 3.63) is 0 Å². The largest absolute Gasteiger partial charge is 0.637 e. The Morgan fingerprint density at radius 3 is 1.68 bits per heavy atom. The molecule has 1 saturated heterocycles. The smallest absolute Gasteiger partial charge is 0.504 e. The molecule has 0 amide bonds. The van der Waals surface area contributed by atoms with Gasteiger partial charge in [0, 0.05) is 40.6 Å². The second kappa shape index (κ2) is 10.9. The molecule has 0 spiro atoms. The summed E-state index contributed by atoms with van der Waals surface area (Å²) in [6.07, 6.45) is 0.542. The van der Waals surface area contributed by atoms with E-state index in [-0.39, 0.29) is 0 Å². The first-order valence-electron chi connectivity index (χ1n) is 6.25. The van der Waals surface area contributed by atoms with Crippen molar-refractivity contribution in [2.24, 2.45) is 0 Å². The Labute approximate surface area is 130 Å². The maximum Gasteiger partial charge on any atom is 0.637 e. The Morgan fingerprint density at radius 1 is 0.737 bits per heavy atom. The molecule has 0 atom stereocenters. The van der Waals surface area contributed by atoms with Crippen LogP contribution in [-0.2, 0) is 4.65 Å². The molecule has 1 fully saturated rings. The lowest BCUT2D eigenvalue weighted by Gasteiger charge is -2.26. The SMILES string of the molecule is F[B-](F)(F)OC1CSCCSCCCSCCSC1. The van der Waals surface area contributed by atoms with Gasteiger partial charge in [0.05, 0.1) is 0 Å². The van der Waals surface area contributed by atoms with Crippen molar-refractivity contribution in [1.29, 1.82) is 0 Å². The van der Waals surface area contributed by atoms with E-state index in [0.717, 1.165) is 34.5 Å². The third-order valence-corrected chi connectivity index (χ3v) is 7.13. The fraction of sp³-hybridized carbons (Fsp3) is 1.00. The van der Waals surface area contributed by atoms with Crippen LogP contribution >= 0.6 is 47.0 Å². The van der Waals surface area contributed by atoms with Crippen LogP contribution in [0.1, 0.15) is 6.42 Å². The highest BCUT2D eigenvalue weighted by Gasteiger charge is 2.29. The Hall–Kier alpha value is 1.21. The zero-order chi connectivity index (χ0) is 14.0. The first-order chi connectivity index (χ1) is 9.08. The highest BCUT2D eigenvalue weighted by Crippen LogP contribution is 2.21. The summed E-state index contributed by atoms with van der Waals surface area (Å²) in [5.41, 5.74) is 0. The molecule has 1 aliphatic heterocycles. The van der Waals surface area contributed by atoms with Gasteiger partial charge in [-0.1, -0.05) is 0 Å². The monoisotopic (exact) mass is 351 g/mol. The van der Waals surface area contributed by atoms with Crippen LogP contribution in [0.3, 0.4) is 0 Å². The molecule has 1 rings (SSSR count). The first-order valence-corrected chi connectivity index (χ1v) is 10.9. The molecule has 0 N–H and O–H groups in total. The van der Waals surface area contributed by atoms with E-state index >= 15 is 0 Å². The Morgan fingerprint density at radius 2 is 1.21 bits per heavy atom. The quantitative estimate of drug-likeness (QED) is 0.692. The summed E-state index contributed by atoms with van der Waals surface area (Å²) in [6.45, 7) is 0. The highest BCUT2D eigenvalue weighted by atomic mass is 32.2. The normalized spacial score (nSPS) is 22.9. The maximum atomic E-state index is 12.3. The molecule has 0 aromatic carbocycles. The third-order valence-electron chi connectivity index (χ3n) is 2.28. The zero-order valence-electron chi connectivity index (χ0n) is 10.7. The molecule has 9 heteroatoms. The van der Waals surface area contributed by atoms with E-state index in [1.54, 1.807) is 23.5 Å². The van der Waals surface area contributed by atoms with Gasteiger partial charge in [0.25, 0.3) is 0 Å². The zero-order valence-corrected chi connectivity index (χ0v) is 14.0. The van der Waals surface area contributed by atoms with Crippen molar-refractivity contribution < 1.29 is 17.6 Å². The lowest BCUT2D eigenvalue weighted by molar-refractivity contribution is 0.135. The van der Waals surface area contributed by atoms with Crippen molar-refractivity contribution in [3.8, 4) is 0 Å². The summed E-state index contributed by atoms with van der Waals surface area (Å²) in [7, 11) is -5.13. The van der Waals surface area contributed by atoms with Crippen LogP contribution in [-0.4, -0.2) is 59.3 Å². The first kappa shape index (κ1) is 18.3. The molecule has 0 radical (unpaired) electrons. The lowest BCUT2D eigenvalue weighted by atomic mass is 10.2. The van der Waals surface area contributed by atoms with Gasteiger partial charge in [-0.15, -0.1) is 0 Å². The van der Waals surface area contributed by atoms with Crippen LogP contribution in [0, 0.1) is 0 Å². The van der Waals surface area contributed by atoms with Crippen molar-refractivity contribution in [2.45, 2.75) is 12.5 Å². The minimum absolute atomic E-state index is 0.446. The molecule has 0 aromatic rings. The number of hydrogen-bond donors (Lipinski definition) is 0. The van der Waals surface area contributed by atoms with Crippen LogP contribution in [0.25, 0.3) is 0 Å². The summed E-state index contributed by atoms with van der Waals surface area (Å²) in [4.78, 5) is 0. The van der Waals surface area contributed by atoms with Gasteiger partial charge in [0.2, 0.25) is 0 Å². The van der Waals surface area contributed by atoms with Gasteiger partial charge in [0.1, 0.15) is 0 Å². The summed E-state index contributed by atoms with van der Waals surface area (Å²) >= 11 is 6.94. The van der Waals surface area contributed by atoms with Gasteiger partial charge in [-0.2, -0.15) is 47.0 Å². The van der Waals surface area contributed by atoms with Gasteiger partial charge >= 0.3 is 7.18 Å². The van der Waals surface area contributed by atoms with Gasteiger partial charge in [0.15, 0.2) is 0 Å². The number of thioether (sulfide) groups is 4. The summed E-state index contributed by atoms with van der Waals surface area (Å²) < 4.78 is 41.2. The minimum Gasteiger partial charge on any atom is -0.504 e. The fourth-order valence-corrected chi connectivity index (χ4v) is 6.05. The average Bonchev–Trinajstić information content (AvgIpc) is 2.32. The molecule has 1 aliphatic rings. The predicted molar refractivity (Wildman–Crippen MR) is 87.9 cm³/mol. The molecule has 0 aromatic heterocycles. The average molecular weight is 351 g/mol. The van der Waals surface area contributed by atoms with Crippen LogP contribution < -0.4 is 0 Å². The van der Waals surface area contributed by atoms with Crippen molar-refractivity contribution in [1.82, 2.24) is 0 Å². The second-order valence-electron chi connectivity index (χ2n) is 4.00. The Bertz CT molecular complexity index is 219. The van der Waals surface area contributed by atoms with Crippen molar-refractivity contribution in [2.75, 3.05) is 46.0 Å². The van der Waals surface area contributed by atoms with Gasteiger partial charge in [-0.25, -0.2) is 0 Å². The van der Waals surface area contributed by atoms with E-state index in [1.807, 2.05) is 23.5 Å². The third kappa shape index (κ3) is 11.5. The van der Waals surface area contributed by atoms with Gasteiger partial charge in [-0.05, 0) is 17.9 Å². The second-order valence-corrected chi connectivity index (χ2v) is 8.75. The molecule has 19 heavy (non-hydrogen) atoms. The molecular formula is C10H19BF3OS4-. The van der Waals surface area contributed by atoms with Gasteiger partial charge < -0.3 is 17.6 Å². The van der Waals surface area contributed by atoms with E-state index in [9.17, 15) is 12.9 Å². The van der Waals surface area contributed by atoms with E-state index in [2.05, 4.69) is 4.65 Å². The molecule has 114 valence electrons. The Kier molecular flexibility index (Phi) is 10.5. The molecular weight excluding hydrogens is 332 g/mol. The van der Waals surface area contributed by atoms with Crippen molar-refractivity contribution >= 4 is 54.2 Å². The van der Waals surface area contributed by atoms with Crippen LogP contribution in [0.4, 0.5) is 12.9 Å². The Balaban J connectivity index is 2.31. The van der Waals surface area contributed by atoms with E-state index in [0.29, 0.717) is 11.5 Å². The van der Waals surface area contributed by atoms with Crippen LogP contribution in [0.2, 0.25) is 0 Å². The van der Waals surface area contributed by atoms with E-state index in [1.165, 1.54) is 6.42 Å². The summed E-state index contributed by atoms with van der Waals surface area (Å²) in [5, 5.41) is 0. The summed E-state index contributed by atoms with van der Waals surface area (Å²) in [6, 6.07) is 0. The van der Waals surface area contributed by atoms with Crippen molar-refractivity contribution in [3.63, 3.8) is 0 Å². The van der Waals surface area contributed by atoms with Gasteiger partial charge in [-0.3, -0.25) is 0 Å². The molecule has 0 unspecified atom stereocenters. The number of halogens is 3. The predicted octanol–water partition coefficient (Wildman–Crippen LogP) is 4.05. The highest BCUT2D eigenvalue weighted by molar-refractivity contribution is 8.04. The molecule has 1 nitrogen and oxygen atoms in total. The van der Waals surface area contributed by atoms with E-state index < -0.39 is 13.3 Å². The molecule has 0 aliphatic carbocycles. The maximum absolute atomic E-state index is 12.3. The van der Waals surface area contributed by atoms with Crippen LogP contribution in [0.5, 0.6) is 0 Å². The lowest BCUT2D eigenvalue weighted by Crippen LogP contribution is -2.32. The molecule has 0 bridgehead atoms. The topological polar surface area (TPSA) is 9.23 Å². The number of rotatable bonds is 2. The van der Waals surface area contributed by atoms with E-state index in [4.69, 9.17) is 0 Å². The van der Waals surface area contributed by atoms with Crippen LogP contribution in [0.15, 0.2) is 0 Å². The standard InChI is InChI=1S/C10H19BF3OS4/c12-11(13,14)15-10-8-18-6-4-16-2-1-3-17-5-7-19-9-10/h10H,1-9H2/q-1. The number of hydrogen-bond acceptors (Lipinski definition) is 5. The molecule has 0 saturated carbocycles. The minimum atomic E-state index is -5.13. The fourth-order valence-electron chi connectivity index (χ4n) is 1.48. The molecule has 1 heterocycles.